The molecule has 0 bridgehead atoms. The summed E-state index contributed by atoms with van der Waals surface area (Å²) < 4.78 is 2.44. The summed E-state index contributed by atoms with van der Waals surface area (Å²) in [6.07, 6.45) is 6.06. The van der Waals surface area contributed by atoms with Crippen LogP contribution in [0.15, 0.2) is 59.6 Å². The summed E-state index contributed by atoms with van der Waals surface area (Å²) in [7, 11) is 0. The molecule has 0 N–H and O–H groups in total. The molecular weight excluding hydrogens is 507 g/mol. The average molecular weight is 529 g/mol. The third-order valence-corrected chi connectivity index (χ3v) is 7.13. The summed E-state index contributed by atoms with van der Waals surface area (Å²) in [5.41, 5.74) is 2.46. The maximum absolute atomic E-state index is 6.11. The molecule has 3 aromatic rings. The topological polar surface area (TPSA) is 7.12 Å². The van der Waals surface area contributed by atoms with E-state index >= 15 is 0 Å². The van der Waals surface area contributed by atoms with Crippen molar-refractivity contribution in [1.29, 1.82) is 0 Å². The van der Waals surface area contributed by atoms with Crippen LogP contribution in [-0.4, -0.2) is 19.3 Å². The van der Waals surface area contributed by atoms with Crippen LogP contribution < -0.4 is 33.4 Å². The predicted octanol–water partition coefficient (Wildman–Crippen LogP) is 3.06. The number of rotatable bonds is 4. The normalized spacial score (nSPS) is 14.1. The second-order valence-electron chi connectivity index (χ2n) is 6.45. The van der Waals surface area contributed by atoms with Crippen LogP contribution in [0.5, 0.6) is 0 Å². The molecule has 2 heterocycles. The molecule has 0 radical (unpaired) electrons. The van der Waals surface area contributed by atoms with Gasteiger partial charge in [0.05, 0.1) is 18.0 Å². The van der Waals surface area contributed by atoms with E-state index in [4.69, 9.17) is 11.6 Å². The van der Waals surface area contributed by atoms with Crippen molar-refractivity contribution >= 4 is 39.8 Å². The fourth-order valence-electron chi connectivity index (χ4n) is 3.43. The lowest BCUT2D eigenvalue weighted by atomic mass is 10.1. The number of halogens is 2. The van der Waals surface area contributed by atoms with Gasteiger partial charge in [0.15, 0.2) is 5.03 Å². The monoisotopic (exact) mass is 528 g/mol. The molecule has 1 fully saturated rings. The molecule has 2 nitrogen and oxygen atoms in total. The van der Waals surface area contributed by atoms with Crippen LogP contribution in [0.1, 0.15) is 19.3 Å². The summed E-state index contributed by atoms with van der Waals surface area (Å²) in [4.78, 5) is 3.87. The van der Waals surface area contributed by atoms with E-state index in [1.807, 2.05) is 35.2 Å². The smallest absolute Gasteiger partial charge is 0.342 e. The number of aromatic nitrogens is 1. The van der Waals surface area contributed by atoms with Crippen molar-refractivity contribution in [3.05, 3.63) is 59.6 Å². The van der Waals surface area contributed by atoms with E-state index < -0.39 is 0 Å². The molecule has 0 amide bonds. The Morgan fingerprint density at radius 1 is 0.963 bits per heavy atom. The highest BCUT2D eigenvalue weighted by Gasteiger charge is 2.31. The first-order valence-corrected chi connectivity index (χ1v) is 11.4. The van der Waals surface area contributed by atoms with Crippen molar-refractivity contribution in [3.63, 3.8) is 0 Å². The van der Waals surface area contributed by atoms with Crippen molar-refractivity contribution < 1.29 is 28.5 Å². The van der Waals surface area contributed by atoms with Crippen LogP contribution in [0.25, 0.3) is 16.1 Å². The van der Waals surface area contributed by atoms with Crippen LogP contribution in [0.4, 0.5) is 5.13 Å². The largest absolute Gasteiger partial charge is 1.00 e. The van der Waals surface area contributed by atoms with Gasteiger partial charge in [0.2, 0.25) is 0 Å². The lowest BCUT2D eigenvalue weighted by Gasteiger charge is -2.21. The molecule has 0 unspecified atom stereocenters. The number of para-hydroxylation sites is 1. The number of thioether (sulfide) groups is 1. The highest BCUT2D eigenvalue weighted by molar-refractivity contribution is 7.98. The Hall–Kier alpha value is -0.760. The molecule has 0 atom stereocenters. The Balaban J connectivity index is 0.00000210. The molecule has 1 aliphatic heterocycles. The molecule has 0 spiro atoms. The SMILES string of the molecule is CSc1c(-c2ccc(Cl)cc2)sc(N2CCCCC2)[n+]1-c1ccccc1.[I-]. The lowest BCUT2D eigenvalue weighted by molar-refractivity contribution is -0.617. The molecule has 1 aliphatic rings. The Kier molecular flexibility index (Phi) is 7.48. The number of nitrogens with zero attached hydrogens (tertiary/aromatic N) is 2. The first-order chi connectivity index (χ1) is 12.8. The van der Waals surface area contributed by atoms with Crippen LogP contribution in [0, 0.1) is 0 Å². The molecule has 1 aromatic heterocycles. The minimum absolute atomic E-state index is 0. The van der Waals surface area contributed by atoms with E-state index in [2.05, 4.69) is 58.2 Å². The second kappa shape index (κ2) is 9.63. The van der Waals surface area contributed by atoms with Gasteiger partial charge in [-0.25, -0.2) is 0 Å². The van der Waals surface area contributed by atoms with Gasteiger partial charge in [-0.3, -0.25) is 4.90 Å². The molecular formula is C21H22ClIN2S2. The van der Waals surface area contributed by atoms with Crippen LogP contribution in [0.3, 0.4) is 0 Å². The lowest BCUT2D eigenvalue weighted by Crippen LogP contribution is -3.00. The van der Waals surface area contributed by atoms with Gasteiger partial charge >= 0.3 is 5.13 Å². The standard InChI is InChI=1S/C21H22ClN2S2.HI/c1-25-20-19(16-10-12-17(22)13-11-16)26-21(23-14-6-3-7-15-23)24(20)18-8-4-2-5-9-18;/h2,4-5,8-13H,3,6-7,14-15H2,1H3;1H/q+1;/p-1. The number of piperidine rings is 1. The Bertz CT molecular complexity index is 875. The van der Waals surface area contributed by atoms with Gasteiger partial charge in [-0.2, -0.15) is 4.57 Å². The number of hydrogen-bond acceptors (Lipinski definition) is 3. The first kappa shape index (κ1) is 21.0. The molecule has 142 valence electrons. The molecule has 2 aromatic carbocycles. The van der Waals surface area contributed by atoms with Crippen LogP contribution >= 0.6 is 34.7 Å². The molecule has 27 heavy (non-hydrogen) atoms. The zero-order chi connectivity index (χ0) is 17.9. The van der Waals surface area contributed by atoms with Gasteiger partial charge in [0.25, 0.3) is 0 Å². The van der Waals surface area contributed by atoms with Gasteiger partial charge in [-0.05, 0) is 66.7 Å². The summed E-state index contributed by atoms with van der Waals surface area (Å²) >= 11 is 9.82. The quantitative estimate of drug-likeness (QED) is 0.292. The van der Waals surface area contributed by atoms with Crippen molar-refractivity contribution in [1.82, 2.24) is 0 Å². The molecule has 0 saturated carbocycles. The number of thiazole rings is 1. The highest BCUT2D eigenvalue weighted by atomic mass is 127. The fourth-order valence-corrected chi connectivity index (χ4v) is 5.88. The van der Waals surface area contributed by atoms with E-state index in [9.17, 15) is 0 Å². The maximum atomic E-state index is 6.11. The summed E-state index contributed by atoms with van der Waals surface area (Å²) in [6.45, 7) is 2.28. The molecule has 0 aliphatic carbocycles. The minimum atomic E-state index is 0. The molecule has 6 heteroatoms. The summed E-state index contributed by atoms with van der Waals surface area (Å²) in [6, 6.07) is 18.9. The fraction of sp³-hybridized carbons (Fsp3) is 0.286. The van der Waals surface area contributed by atoms with E-state index in [0.717, 1.165) is 18.1 Å². The molecule has 4 rings (SSSR count). The third kappa shape index (κ3) is 4.47. The number of anilines is 1. The van der Waals surface area contributed by atoms with Crippen molar-refractivity contribution in [2.45, 2.75) is 24.3 Å². The van der Waals surface area contributed by atoms with Crippen LogP contribution in [0.2, 0.25) is 5.02 Å². The van der Waals surface area contributed by atoms with Crippen LogP contribution in [-0.2, 0) is 0 Å². The van der Waals surface area contributed by atoms with E-state index in [-0.39, 0.29) is 24.0 Å². The van der Waals surface area contributed by atoms with Gasteiger partial charge in [0.1, 0.15) is 5.69 Å². The first-order valence-electron chi connectivity index (χ1n) is 8.97. The highest BCUT2D eigenvalue weighted by Crippen LogP contribution is 2.39. The Morgan fingerprint density at radius 3 is 2.26 bits per heavy atom. The van der Waals surface area contributed by atoms with Crippen molar-refractivity contribution in [2.75, 3.05) is 24.2 Å². The second-order valence-corrected chi connectivity index (χ2v) is 8.66. The van der Waals surface area contributed by atoms with Crippen molar-refractivity contribution in [3.8, 4) is 16.1 Å². The van der Waals surface area contributed by atoms with E-state index in [1.54, 1.807) is 0 Å². The summed E-state index contributed by atoms with van der Waals surface area (Å²) in [5, 5.41) is 3.41. The van der Waals surface area contributed by atoms with Crippen molar-refractivity contribution in [2.24, 2.45) is 0 Å². The van der Waals surface area contributed by atoms with E-state index in [0.29, 0.717) is 0 Å². The van der Waals surface area contributed by atoms with E-state index in [1.165, 1.54) is 45.5 Å². The average Bonchev–Trinajstić information content (AvgIpc) is 3.09. The van der Waals surface area contributed by atoms with Gasteiger partial charge in [-0.1, -0.05) is 53.7 Å². The number of hydrogen-bond donors (Lipinski definition) is 0. The maximum Gasteiger partial charge on any atom is 0.342 e. The zero-order valence-electron chi connectivity index (χ0n) is 15.2. The van der Waals surface area contributed by atoms with Gasteiger partial charge in [0, 0.05) is 5.02 Å². The summed E-state index contributed by atoms with van der Waals surface area (Å²) in [5.74, 6) is 0. The molecule has 1 saturated heterocycles. The third-order valence-electron chi connectivity index (χ3n) is 4.72. The predicted molar refractivity (Wildman–Crippen MR) is 114 cm³/mol. The zero-order valence-corrected chi connectivity index (χ0v) is 19.7. The van der Waals surface area contributed by atoms with Gasteiger partial charge < -0.3 is 24.0 Å². The Labute approximate surface area is 191 Å². The number of benzene rings is 2. The Morgan fingerprint density at radius 2 is 1.63 bits per heavy atom. The van der Waals surface area contributed by atoms with Gasteiger partial charge in [-0.15, -0.1) is 0 Å². The minimum Gasteiger partial charge on any atom is -1.00 e.